The molecule has 0 bridgehead atoms. The highest BCUT2D eigenvalue weighted by Gasteiger charge is 2.07. The van der Waals surface area contributed by atoms with Crippen molar-refractivity contribution in [1.82, 2.24) is 9.78 Å². The van der Waals surface area contributed by atoms with Gasteiger partial charge in [-0.15, -0.1) is 0 Å². The molecule has 0 saturated carbocycles. The van der Waals surface area contributed by atoms with Gasteiger partial charge in [0.15, 0.2) is 0 Å². The molecule has 3 aromatic rings. The van der Waals surface area contributed by atoms with E-state index in [4.69, 9.17) is 5.73 Å². The van der Waals surface area contributed by atoms with Gasteiger partial charge in [-0.25, -0.2) is 4.68 Å². The number of amides is 1. The number of rotatable bonds is 5. The van der Waals surface area contributed by atoms with Crippen molar-refractivity contribution in [2.24, 2.45) is 5.73 Å². The molecule has 0 radical (unpaired) electrons. The van der Waals surface area contributed by atoms with Gasteiger partial charge < -0.3 is 5.73 Å². The normalized spacial score (nSPS) is 10.5. The Kier molecular flexibility index (Phi) is 4.01. The summed E-state index contributed by atoms with van der Waals surface area (Å²) in [5, 5.41) is 4.21. The molecule has 4 heteroatoms. The first-order valence-corrected chi connectivity index (χ1v) is 7.21. The van der Waals surface area contributed by atoms with Crippen LogP contribution in [-0.2, 0) is 12.8 Å². The summed E-state index contributed by atoms with van der Waals surface area (Å²) in [5.74, 6) is -0.371. The summed E-state index contributed by atoms with van der Waals surface area (Å²) in [5.41, 5.74) is 9.26. The molecule has 0 aliphatic rings. The van der Waals surface area contributed by atoms with Gasteiger partial charge in [0, 0.05) is 18.0 Å². The van der Waals surface area contributed by atoms with E-state index in [1.807, 2.05) is 47.3 Å². The summed E-state index contributed by atoms with van der Waals surface area (Å²) >= 11 is 0. The highest BCUT2D eigenvalue weighted by atomic mass is 16.1. The molecule has 3 rings (SSSR count). The quantitative estimate of drug-likeness (QED) is 0.785. The lowest BCUT2D eigenvalue weighted by Crippen LogP contribution is -2.13. The standard InChI is InChI=1S/C18H17N3O/c19-18(22)17-5-2-1-4-15(17)9-6-14-7-10-16(11-8-14)21-13-3-12-20-21/h1-5,7-8,10-13H,6,9H2,(H2,19,22). The fourth-order valence-electron chi connectivity index (χ4n) is 2.49. The summed E-state index contributed by atoms with van der Waals surface area (Å²) in [6.45, 7) is 0. The van der Waals surface area contributed by atoms with Crippen LogP contribution in [-0.4, -0.2) is 15.7 Å². The SMILES string of the molecule is NC(=O)c1ccccc1CCc1ccc(-n2cccn2)cc1. The Hall–Kier alpha value is -2.88. The lowest BCUT2D eigenvalue weighted by Gasteiger charge is -2.07. The highest BCUT2D eigenvalue weighted by molar-refractivity contribution is 5.94. The Labute approximate surface area is 129 Å². The van der Waals surface area contributed by atoms with Gasteiger partial charge in [0.25, 0.3) is 0 Å². The van der Waals surface area contributed by atoms with Gasteiger partial charge in [-0.05, 0) is 48.2 Å². The Morgan fingerprint density at radius 1 is 1.00 bits per heavy atom. The lowest BCUT2D eigenvalue weighted by atomic mass is 9.99. The van der Waals surface area contributed by atoms with Crippen molar-refractivity contribution < 1.29 is 4.79 Å². The number of aromatic nitrogens is 2. The van der Waals surface area contributed by atoms with E-state index >= 15 is 0 Å². The molecule has 0 saturated heterocycles. The first-order valence-electron chi connectivity index (χ1n) is 7.21. The average Bonchev–Trinajstić information content (AvgIpc) is 3.08. The largest absolute Gasteiger partial charge is 0.366 e. The average molecular weight is 291 g/mol. The van der Waals surface area contributed by atoms with Gasteiger partial charge in [0.1, 0.15) is 0 Å². The van der Waals surface area contributed by atoms with Crippen LogP contribution in [0, 0.1) is 0 Å². The first-order chi connectivity index (χ1) is 10.7. The second-order valence-corrected chi connectivity index (χ2v) is 5.14. The molecule has 0 aliphatic heterocycles. The van der Waals surface area contributed by atoms with E-state index in [1.165, 1.54) is 5.56 Å². The van der Waals surface area contributed by atoms with Gasteiger partial charge in [-0.3, -0.25) is 4.79 Å². The monoisotopic (exact) mass is 291 g/mol. The molecule has 22 heavy (non-hydrogen) atoms. The molecule has 1 aromatic heterocycles. The summed E-state index contributed by atoms with van der Waals surface area (Å²) < 4.78 is 1.83. The number of hydrogen-bond donors (Lipinski definition) is 1. The fourth-order valence-corrected chi connectivity index (χ4v) is 2.49. The zero-order valence-electron chi connectivity index (χ0n) is 12.1. The van der Waals surface area contributed by atoms with E-state index < -0.39 is 0 Å². The lowest BCUT2D eigenvalue weighted by molar-refractivity contribution is 0.0999. The molecule has 0 aliphatic carbocycles. The molecule has 110 valence electrons. The number of aryl methyl sites for hydroxylation is 2. The molecule has 2 N–H and O–H groups in total. The third-order valence-electron chi connectivity index (χ3n) is 3.67. The minimum Gasteiger partial charge on any atom is -0.366 e. The van der Waals surface area contributed by atoms with E-state index in [2.05, 4.69) is 17.2 Å². The molecular weight excluding hydrogens is 274 g/mol. The molecule has 0 fully saturated rings. The van der Waals surface area contributed by atoms with Crippen LogP contribution >= 0.6 is 0 Å². The van der Waals surface area contributed by atoms with Gasteiger partial charge in [-0.2, -0.15) is 5.10 Å². The van der Waals surface area contributed by atoms with Crippen molar-refractivity contribution in [2.45, 2.75) is 12.8 Å². The third kappa shape index (κ3) is 3.06. The Morgan fingerprint density at radius 3 is 2.45 bits per heavy atom. The maximum Gasteiger partial charge on any atom is 0.248 e. The van der Waals surface area contributed by atoms with E-state index in [0.29, 0.717) is 5.56 Å². The van der Waals surface area contributed by atoms with Crippen LogP contribution in [0.3, 0.4) is 0 Å². The number of carbonyl (C=O) groups is 1. The molecule has 4 nitrogen and oxygen atoms in total. The van der Waals surface area contributed by atoms with Crippen molar-refractivity contribution in [1.29, 1.82) is 0 Å². The molecule has 2 aromatic carbocycles. The second-order valence-electron chi connectivity index (χ2n) is 5.14. The van der Waals surface area contributed by atoms with E-state index in [9.17, 15) is 4.79 Å². The van der Waals surface area contributed by atoms with Crippen LogP contribution in [0.15, 0.2) is 67.0 Å². The first kappa shape index (κ1) is 14.1. The molecule has 0 atom stereocenters. The maximum absolute atomic E-state index is 11.4. The van der Waals surface area contributed by atoms with Crippen LogP contribution in [0.5, 0.6) is 0 Å². The Bertz CT molecular complexity index is 761. The molecule has 1 heterocycles. The Balaban J connectivity index is 1.71. The smallest absolute Gasteiger partial charge is 0.248 e. The van der Waals surface area contributed by atoms with Crippen LogP contribution in [0.2, 0.25) is 0 Å². The summed E-state index contributed by atoms with van der Waals surface area (Å²) in [6, 6.07) is 17.7. The highest BCUT2D eigenvalue weighted by Crippen LogP contribution is 2.14. The predicted octanol–water partition coefficient (Wildman–Crippen LogP) is 2.76. The van der Waals surface area contributed by atoms with Gasteiger partial charge in [-0.1, -0.05) is 30.3 Å². The summed E-state index contributed by atoms with van der Waals surface area (Å²) in [4.78, 5) is 11.4. The number of benzene rings is 2. The minimum absolute atomic E-state index is 0.371. The maximum atomic E-state index is 11.4. The van der Waals surface area contributed by atoms with E-state index in [0.717, 1.165) is 24.1 Å². The second kappa shape index (κ2) is 6.26. The van der Waals surface area contributed by atoms with Gasteiger partial charge >= 0.3 is 0 Å². The molecular formula is C18H17N3O. The van der Waals surface area contributed by atoms with Crippen molar-refractivity contribution in [3.63, 3.8) is 0 Å². The van der Waals surface area contributed by atoms with Gasteiger partial charge in [0.05, 0.1) is 5.69 Å². The fraction of sp³-hybridized carbons (Fsp3) is 0.111. The number of primary amides is 1. The van der Waals surface area contributed by atoms with Crippen LogP contribution in [0.25, 0.3) is 5.69 Å². The number of carbonyl (C=O) groups excluding carboxylic acids is 1. The van der Waals surface area contributed by atoms with Crippen molar-refractivity contribution in [3.05, 3.63) is 83.7 Å². The number of hydrogen-bond acceptors (Lipinski definition) is 2. The third-order valence-corrected chi connectivity index (χ3v) is 3.67. The molecule has 0 spiro atoms. The summed E-state index contributed by atoms with van der Waals surface area (Å²) in [6.07, 6.45) is 5.33. The number of nitrogens with two attached hydrogens (primary N) is 1. The zero-order valence-corrected chi connectivity index (χ0v) is 12.1. The van der Waals surface area contributed by atoms with Crippen molar-refractivity contribution in [3.8, 4) is 5.69 Å². The summed E-state index contributed by atoms with van der Waals surface area (Å²) in [7, 11) is 0. The topological polar surface area (TPSA) is 60.9 Å². The van der Waals surface area contributed by atoms with Gasteiger partial charge in [0.2, 0.25) is 5.91 Å². The van der Waals surface area contributed by atoms with Crippen molar-refractivity contribution in [2.75, 3.05) is 0 Å². The van der Waals surface area contributed by atoms with Crippen LogP contribution < -0.4 is 5.73 Å². The molecule has 1 amide bonds. The van der Waals surface area contributed by atoms with Crippen LogP contribution in [0.1, 0.15) is 21.5 Å². The zero-order chi connectivity index (χ0) is 15.4. The number of nitrogens with zero attached hydrogens (tertiary/aromatic N) is 2. The molecule has 0 unspecified atom stereocenters. The minimum atomic E-state index is -0.371. The Morgan fingerprint density at radius 2 is 1.77 bits per heavy atom. The predicted molar refractivity (Wildman–Crippen MR) is 85.9 cm³/mol. The van der Waals surface area contributed by atoms with E-state index in [-0.39, 0.29) is 5.91 Å². The van der Waals surface area contributed by atoms with Crippen LogP contribution in [0.4, 0.5) is 0 Å². The van der Waals surface area contributed by atoms with Crippen molar-refractivity contribution >= 4 is 5.91 Å². The van der Waals surface area contributed by atoms with E-state index in [1.54, 1.807) is 12.3 Å².